The summed E-state index contributed by atoms with van der Waals surface area (Å²) in [5.74, 6) is -0.965. The molecular weight excluding hydrogens is 416 g/mol. The van der Waals surface area contributed by atoms with E-state index in [-0.39, 0.29) is 17.8 Å². The summed E-state index contributed by atoms with van der Waals surface area (Å²) < 4.78 is 0. The van der Waals surface area contributed by atoms with Crippen LogP contribution in [0.25, 0.3) is 11.6 Å². The number of rotatable bonds is 5. The van der Waals surface area contributed by atoms with Crippen molar-refractivity contribution >= 4 is 40.9 Å². The number of imide groups is 1. The van der Waals surface area contributed by atoms with Crippen LogP contribution < -0.4 is 15.5 Å². The van der Waals surface area contributed by atoms with E-state index in [0.29, 0.717) is 5.69 Å². The van der Waals surface area contributed by atoms with Crippen LogP contribution in [0.2, 0.25) is 0 Å². The Morgan fingerprint density at radius 3 is 2.55 bits per heavy atom. The van der Waals surface area contributed by atoms with E-state index in [1.54, 1.807) is 30.3 Å². The van der Waals surface area contributed by atoms with Gasteiger partial charge in [0, 0.05) is 23.5 Å². The van der Waals surface area contributed by atoms with Gasteiger partial charge in [-0.05, 0) is 69.2 Å². The summed E-state index contributed by atoms with van der Waals surface area (Å²) in [5, 5.41) is 5.28. The molecule has 0 radical (unpaired) electrons. The Kier molecular flexibility index (Phi) is 5.80. The molecule has 2 N–H and O–H groups in total. The lowest BCUT2D eigenvalue weighted by atomic mass is 9.88. The molecule has 0 atom stereocenters. The monoisotopic (exact) mass is 444 g/mol. The van der Waals surface area contributed by atoms with Gasteiger partial charge in [-0.25, -0.2) is 9.69 Å². The van der Waals surface area contributed by atoms with Crippen molar-refractivity contribution in [3.63, 3.8) is 0 Å². The maximum Gasteiger partial charge on any atom is 0.329 e. The number of nitrogens with one attached hydrogen (secondary N) is 2. The lowest BCUT2D eigenvalue weighted by Gasteiger charge is -2.42. The van der Waals surface area contributed by atoms with E-state index in [1.807, 2.05) is 18.2 Å². The molecule has 0 spiro atoms. The molecule has 0 bridgehead atoms. The number of para-hydroxylation sites is 1. The Hall–Kier alpha value is -3.87. The predicted octanol–water partition coefficient (Wildman–Crippen LogP) is 4.24. The molecule has 33 heavy (non-hydrogen) atoms. The molecule has 4 rings (SSSR count). The zero-order chi connectivity index (χ0) is 23.8. The van der Waals surface area contributed by atoms with E-state index >= 15 is 0 Å². The molecule has 0 unspecified atom stereocenters. The molecule has 2 aliphatic rings. The van der Waals surface area contributed by atoms with Crippen LogP contribution in [0.3, 0.4) is 0 Å². The maximum atomic E-state index is 12.8. The Morgan fingerprint density at radius 1 is 1.12 bits per heavy atom. The fourth-order valence-corrected chi connectivity index (χ4v) is 4.52. The van der Waals surface area contributed by atoms with E-state index in [2.05, 4.69) is 55.4 Å². The van der Waals surface area contributed by atoms with Crippen LogP contribution in [-0.2, 0) is 9.59 Å². The number of carbonyl (C=O) groups excluding carboxylic acids is 3. The third-order valence-electron chi connectivity index (χ3n) is 5.95. The zero-order valence-electron chi connectivity index (χ0n) is 19.3. The summed E-state index contributed by atoms with van der Waals surface area (Å²) in [4.78, 5) is 40.8. The third kappa shape index (κ3) is 4.39. The minimum atomic E-state index is -0.609. The molecule has 2 aromatic carbocycles. The van der Waals surface area contributed by atoms with Gasteiger partial charge in [0.2, 0.25) is 5.91 Å². The predicted molar refractivity (Wildman–Crippen MR) is 130 cm³/mol. The second-order valence-electron chi connectivity index (χ2n) is 8.80. The summed E-state index contributed by atoms with van der Waals surface area (Å²) in [6.45, 7) is 9.11. The van der Waals surface area contributed by atoms with Crippen molar-refractivity contribution in [2.45, 2.75) is 33.2 Å². The van der Waals surface area contributed by atoms with Crippen molar-refractivity contribution in [1.82, 2.24) is 10.2 Å². The minimum Gasteiger partial charge on any atom is -0.363 e. The molecule has 170 valence electrons. The maximum absolute atomic E-state index is 12.8. The van der Waals surface area contributed by atoms with E-state index in [1.165, 1.54) is 5.57 Å². The zero-order valence-corrected chi connectivity index (χ0v) is 19.3. The molecule has 2 aliphatic heterocycles. The van der Waals surface area contributed by atoms with Gasteiger partial charge >= 0.3 is 6.03 Å². The van der Waals surface area contributed by atoms with Crippen LogP contribution in [-0.4, -0.2) is 41.4 Å². The van der Waals surface area contributed by atoms with Crippen LogP contribution in [0.5, 0.6) is 0 Å². The number of amides is 4. The lowest BCUT2D eigenvalue weighted by molar-refractivity contribution is -0.127. The molecule has 1 saturated heterocycles. The number of hydrogen-bond acceptors (Lipinski definition) is 4. The number of anilines is 2. The Balaban J connectivity index is 1.53. The van der Waals surface area contributed by atoms with Gasteiger partial charge in [0.05, 0.1) is 5.54 Å². The number of allylic oxidation sites excluding steroid dienone is 1. The second-order valence-corrected chi connectivity index (χ2v) is 8.80. The second kappa shape index (κ2) is 8.58. The summed E-state index contributed by atoms with van der Waals surface area (Å²) in [6.07, 6.45) is 3.89. The van der Waals surface area contributed by atoms with Gasteiger partial charge in [0.15, 0.2) is 0 Å². The lowest BCUT2D eigenvalue weighted by Crippen LogP contribution is -2.44. The smallest absolute Gasteiger partial charge is 0.329 e. The average molecular weight is 445 g/mol. The van der Waals surface area contributed by atoms with E-state index in [9.17, 15) is 14.4 Å². The number of benzene rings is 2. The minimum absolute atomic E-state index is 0.0813. The number of urea groups is 1. The molecule has 7 heteroatoms. The number of carbonyl (C=O) groups is 3. The van der Waals surface area contributed by atoms with Crippen LogP contribution in [0.1, 0.15) is 38.8 Å². The topological polar surface area (TPSA) is 81.8 Å². The van der Waals surface area contributed by atoms with Gasteiger partial charge in [-0.3, -0.25) is 9.59 Å². The van der Waals surface area contributed by atoms with Crippen molar-refractivity contribution in [3.8, 4) is 0 Å². The molecule has 0 aliphatic carbocycles. The first-order valence-electron chi connectivity index (χ1n) is 11.0. The summed E-state index contributed by atoms with van der Waals surface area (Å²) >= 11 is 0. The van der Waals surface area contributed by atoms with Crippen molar-refractivity contribution in [2.75, 3.05) is 23.3 Å². The first kappa shape index (κ1) is 22.3. The fraction of sp³-hybridized carbons (Fsp3) is 0.269. The summed E-state index contributed by atoms with van der Waals surface area (Å²) in [5.41, 5.74) is 4.89. The molecule has 2 heterocycles. The van der Waals surface area contributed by atoms with Crippen molar-refractivity contribution < 1.29 is 14.4 Å². The van der Waals surface area contributed by atoms with Crippen molar-refractivity contribution in [1.29, 1.82) is 0 Å². The summed E-state index contributed by atoms with van der Waals surface area (Å²) in [7, 11) is 0. The number of likely N-dealkylation sites (N-methyl/N-ethyl adjacent to an activating group) is 1. The quantitative estimate of drug-likeness (QED) is 0.534. The Bertz CT molecular complexity index is 1180. The molecule has 0 saturated carbocycles. The van der Waals surface area contributed by atoms with Gasteiger partial charge < -0.3 is 15.5 Å². The van der Waals surface area contributed by atoms with Gasteiger partial charge in [-0.2, -0.15) is 0 Å². The normalized spacial score (nSPS) is 18.2. The van der Waals surface area contributed by atoms with Gasteiger partial charge in [0.25, 0.3) is 5.91 Å². The highest BCUT2D eigenvalue weighted by molar-refractivity contribution is 6.16. The molecule has 0 aromatic heterocycles. The van der Waals surface area contributed by atoms with Crippen LogP contribution in [0, 0.1) is 0 Å². The molecule has 4 amide bonds. The highest BCUT2D eigenvalue weighted by Gasteiger charge is 2.35. The standard InChI is InChI=1S/C26H28N4O3/c1-5-30-22-12-11-18(13-20(22)17(2)15-26(30,3)4)14-21-24(32)29(25(33)28-21)16-23(31)27-19-9-7-6-8-10-19/h6-15H,5,16H2,1-4H3,(H,27,31)(H,28,33)/b21-14+. The molecule has 7 nitrogen and oxygen atoms in total. The number of fused-ring (bicyclic) bond motifs is 1. The number of nitrogens with zero attached hydrogens (tertiary/aromatic N) is 2. The highest BCUT2D eigenvalue weighted by atomic mass is 16.2. The van der Waals surface area contributed by atoms with E-state index in [0.717, 1.165) is 28.3 Å². The van der Waals surface area contributed by atoms with Gasteiger partial charge in [-0.1, -0.05) is 30.3 Å². The average Bonchev–Trinajstić information content (AvgIpc) is 3.02. The fourth-order valence-electron chi connectivity index (χ4n) is 4.52. The first-order valence-corrected chi connectivity index (χ1v) is 11.0. The van der Waals surface area contributed by atoms with Crippen molar-refractivity contribution in [2.24, 2.45) is 0 Å². The van der Waals surface area contributed by atoms with Crippen molar-refractivity contribution in [3.05, 3.63) is 71.4 Å². The summed E-state index contributed by atoms with van der Waals surface area (Å²) in [6, 6.07) is 14.3. The van der Waals surface area contributed by atoms with Gasteiger partial charge in [0.1, 0.15) is 12.2 Å². The van der Waals surface area contributed by atoms with E-state index in [4.69, 9.17) is 0 Å². The Morgan fingerprint density at radius 2 is 1.85 bits per heavy atom. The van der Waals surface area contributed by atoms with E-state index < -0.39 is 17.8 Å². The van der Waals surface area contributed by atoms with Crippen LogP contribution >= 0.6 is 0 Å². The largest absolute Gasteiger partial charge is 0.363 e. The molecule has 1 fully saturated rings. The highest BCUT2D eigenvalue weighted by Crippen LogP contribution is 2.39. The SMILES string of the molecule is CCN1c2ccc(/C=C3/NC(=O)N(CC(=O)Nc4ccccc4)C3=O)cc2C(C)=CC1(C)C. The van der Waals surface area contributed by atoms with Crippen LogP contribution in [0.15, 0.2) is 60.3 Å². The Labute approximate surface area is 193 Å². The molecule has 2 aromatic rings. The molecular formula is C26H28N4O3. The van der Waals surface area contributed by atoms with Gasteiger partial charge in [-0.15, -0.1) is 0 Å². The van der Waals surface area contributed by atoms with Crippen LogP contribution in [0.4, 0.5) is 16.2 Å². The first-order chi connectivity index (χ1) is 15.7. The number of hydrogen-bond donors (Lipinski definition) is 2. The third-order valence-corrected chi connectivity index (χ3v) is 5.95.